The molecular weight excluding hydrogens is 1770 g/mol. The maximum Gasteiger partial charge on any atom is 0.472 e. The van der Waals surface area contributed by atoms with E-state index in [1.54, 1.807) is 0 Å². The minimum Gasteiger partial charge on any atom is -0.462 e. The maximum absolute atomic E-state index is 15.2. The van der Waals surface area contributed by atoms with Gasteiger partial charge in [0, 0.05) is 19.3 Å². The van der Waals surface area contributed by atoms with Crippen molar-refractivity contribution in [3.8, 4) is 0 Å². The van der Waals surface area contributed by atoms with E-state index in [9.17, 15) is 63.5 Å². The van der Waals surface area contributed by atoms with Crippen molar-refractivity contribution >= 4 is 49.5 Å². The highest BCUT2D eigenvalue weighted by Gasteiger charge is 2.54. The Morgan fingerprint density at radius 2 is 0.572 bits per heavy atom. The molecule has 0 aromatic rings. The average molecular weight is 1980 g/mol. The van der Waals surface area contributed by atoms with Gasteiger partial charge in [0.05, 0.1) is 45.0 Å². The molecule has 0 aliphatic carbocycles. The molecule has 2 saturated heterocycles. The summed E-state index contributed by atoms with van der Waals surface area (Å²) < 4.78 is 68.8. The second-order valence-corrected chi connectivity index (χ2v) is 41.9. The summed E-state index contributed by atoms with van der Waals surface area (Å²) in [6, 6.07) is -3.62. The van der Waals surface area contributed by atoms with Gasteiger partial charge in [0.2, 0.25) is 11.8 Å². The Labute approximate surface area is 839 Å². The molecule has 0 bridgehead atoms. The van der Waals surface area contributed by atoms with E-state index in [1.165, 1.54) is 154 Å². The number of amides is 2. The zero-order valence-corrected chi connectivity index (χ0v) is 89.7. The number of esters is 5. The molecule has 8 unspecified atom stereocenters. The molecule has 2 aliphatic rings. The molecule has 0 saturated carbocycles. The summed E-state index contributed by atoms with van der Waals surface area (Å²) in [7, 11) is -5.68. The Bertz CT molecular complexity index is 2980. The van der Waals surface area contributed by atoms with E-state index in [0.29, 0.717) is 64.2 Å². The predicted molar refractivity (Wildman–Crippen MR) is 553 cm³/mol. The van der Waals surface area contributed by atoms with E-state index in [1.807, 2.05) is 0 Å². The first-order valence-electron chi connectivity index (χ1n) is 57.6. The Balaban J connectivity index is 2.83. The molecular formula is C112H209N2O23P. The van der Waals surface area contributed by atoms with Gasteiger partial charge in [-0.05, 0) is 89.9 Å². The van der Waals surface area contributed by atoms with Gasteiger partial charge < -0.3 is 78.7 Å². The number of ether oxygens (including phenoxy) is 8. The topological polar surface area (TPSA) is 365 Å². The number of carbonyl (C=O) groups is 7. The standard InChI is InChI=1S/C112H209N2O23P/c1-8-15-22-29-36-43-45-47-49-56-63-70-76-83-100(119)130-93(80-73-66-59-52-39-32-25-18-11-4)87-98(117)113-105-109(136-104(123)89-95(82-75-68-61-54-41-34-27-20-13-6)132-102(121)85-78-69-62-55-42-35-28-21-14-7)107(124)96(90-115)133-111(105)129-91-97-108(125)110(135-103(122)86-92(116)79-72-65-58-51-38-31-24-17-10-3)106(112(134-97)137-138(126,127)128)114-99(118)88-94(81-74-67-60-53-40-33-26-19-12-5)131-101(120)84-77-71-64-57-50-48-46-44-37-30-23-16-9-2/h43,45,92-97,105-112,115-116,124-125H,8-42,44,46-91H2,1-7H3,(H,113,117)(H,114,118)(H2,126,127,128)/b45-43-/t92?,93?,94?,95?,96?,97?,105?,106?,107-,108-,109-,110-,111-,112+/m1/s1. The second-order valence-electron chi connectivity index (χ2n) is 40.7. The van der Waals surface area contributed by atoms with Gasteiger partial charge in [-0.25, -0.2) is 4.57 Å². The fourth-order valence-corrected chi connectivity index (χ4v) is 19.4. The van der Waals surface area contributed by atoms with Crippen molar-refractivity contribution in [2.45, 2.75) is 648 Å². The van der Waals surface area contributed by atoms with Gasteiger partial charge in [-0.3, -0.25) is 38.1 Å². The highest BCUT2D eigenvalue weighted by Crippen LogP contribution is 2.42. The molecule has 2 rings (SSSR count). The van der Waals surface area contributed by atoms with Gasteiger partial charge in [0.25, 0.3) is 0 Å². The summed E-state index contributed by atoms with van der Waals surface area (Å²) in [5.41, 5.74) is 0. The van der Waals surface area contributed by atoms with Crippen molar-refractivity contribution < 1.29 is 111 Å². The summed E-state index contributed by atoms with van der Waals surface area (Å²) in [4.78, 5) is 123. The van der Waals surface area contributed by atoms with Crippen molar-refractivity contribution in [3.05, 3.63) is 12.2 Å². The summed E-state index contributed by atoms with van der Waals surface area (Å²) in [5, 5.41) is 53.4. The summed E-state index contributed by atoms with van der Waals surface area (Å²) in [6.45, 7) is 13.5. The smallest absolute Gasteiger partial charge is 0.462 e. The van der Waals surface area contributed by atoms with Crippen molar-refractivity contribution in [1.29, 1.82) is 0 Å². The third-order valence-electron chi connectivity index (χ3n) is 27.5. The number of unbranched alkanes of at least 4 members (excludes halogenated alkanes) is 61. The molecule has 2 heterocycles. The van der Waals surface area contributed by atoms with Crippen LogP contribution in [0.3, 0.4) is 0 Å². The van der Waals surface area contributed by atoms with Gasteiger partial charge in [-0.1, -0.05) is 439 Å². The fourth-order valence-electron chi connectivity index (χ4n) is 19.0. The van der Waals surface area contributed by atoms with Crippen LogP contribution >= 0.6 is 7.82 Å². The average Bonchev–Trinajstić information content (AvgIpc) is 0.780. The Morgan fingerprint density at radius 1 is 0.319 bits per heavy atom. The van der Waals surface area contributed by atoms with Crippen LogP contribution < -0.4 is 10.6 Å². The third-order valence-corrected chi connectivity index (χ3v) is 28.0. The minimum absolute atomic E-state index is 0.126. The van der Waals surface area contributed by atoms with Gasteiger partial charge in [0.15, 0.2) is 24.8 Å². The van der Waals surface area contributed by atoms with Crippen LogP contribution in [0.25, 0.3) is 0 Å². The monoisotopic (exact) mass is 1980 g/mol. The normalized spacial score (nSPS) is 19.3. The lowest BCUT2D eigenvalue weighted by atomic mass is 9.95. The van der Waals surface area contributed by atoms with Crippen LogP contribution in [0.15, 0.2) is 12.2 Å². The highest BCUT2D eigenvalue weighted by atomic mass is 31.2. The Hall–Kier alpha value is -4.14. The van der Waals surface area contributed by atoms with Crippen molar-refractivity contribution in [1.82, 2.24) is 10.6 Å². The zero-order chi connectivity index (χ0) is 101. The number of hydrogen-bond donors (Lipinski definition) is 8. The number of nitrogens with one attached hydrogen (secondary N) is 2. The van der Waals surface area contributed by atoms with E-state index in [0.717, 1.165) is 244 Å². The number of phosphoric acid groups is 1. The lowest BCUT2D eigenvalue weighted by Gasteiger charge is -2.46. The number of allylic oxidation sites excluding steroid dienone is 2. The van der Waals surface area contributed by atoms with E-state index >= 15 is 4.79 Å². The number of aliphatic hydroxyl groups is 4. The summed E-state index contributed by atoms with van der Waals surface area (Å²) >= 11 is 0. The van der Waals surface area contributed by atoms with Gasteiger partial charge >= 0.3 is 37.7 Å². The van der Waals surface area contributed by atoms with Crippen LogP contribution in [0.1, 0.15) is 562 Å². The fraction of sp³-hybridized carbons (Fsp3) is 0.920. The third kappa shape index (κ3) is 72.2. The summed E-state index contributed by atoms with van der Waals surface area (Å²) in [5.74, 6) is -5.01. The lowest BCUT2D eigenvalue weighted by molar-refractivity contribution is -0.298. The molecule has 0 radical (unpaired) electrons. The molecule has 138 heavy (non-hydrogen) atoms. The van der Waals surface area contributed by atoms with E-state index in [-0.39, 0.29) is 25.7 Å². The molecule has 2 fully saturated rings. The lowest BCUT2D eigenvalue weighted by Crippen LogP contribution is -2.67. The van der Waals surface area contributed by atoms with Gasteiger partial charge in [-0.15, -0.1) is 0 Å². The first-order chi connectivity index (χ1) is 67.1. The number of carbonyl (C=O) groups excluding carboxylic acids is 7. The van der Waals surface area contributed by atoms with E-state index < -0.39 is 174 Å². The first kappa shape index (κ1) is 130. The molecule has 8 N–H and O–H groups in total. The molecule has 0 aromatic heterocycles. The number of hydrogen-bond acceptors (Lipinski definition) is 21. The minimum atomic E-state index is -5.68. The molecule has 810 valence electrons. The first-order valence-corrected chi connectivity index (χ1v) is 59.1. The largest absolute Gasteiger partial charge is 0.472 e. The van der Waals surface area contributed by atoms with Crippen molar-refractivity contribution in [3.63, 3.8) is 0 Å². The quantitative estimate of drug-likeness (QED) is 0.00922. The predicted octanol–water partition coefficient (Wildman–Crippen LogP) is 27.1. The van der Waals surface area contributed by atoms with Crippen LogP contribution in [-0.2, 0) is 80.5 Å². The number of rotatable bonds is 98. The van der Waals surface area contributed by atoms with Gasteiger partial charge in [0.1, 0.15) is 54.8 Å². The van der Waals surface area contributed by atoms with Crippen LogP contribution in [0.4, 0.5) is 0 Å². The number of aliphatic hydroxyl groups excluding tert-OH is 4. The second kappa shape index (κ2) is 90.4. The molecule has 0 spiro atoms. The van der Waals surface area contributed by atoms with E-state index in [4.69, 9.17) is 42.4 Å². The molecule has 26 heteroatoms. The molecule has 25 nitrogen and oxygen atoms in total. The Kier molecular flexibility index (Phi) is 85.1. The highest BCUT2D eigenvalue weighted by molar-refractivity contribution is 7.46. The molecule has 0 aromatic carbocycles. The maximum atomic E-state index is 15.2. The number of phosphoric ester groups is 1. The van der Waals surface area contributed by atoms with Crippen molar-refractivity contribution in [2.75, 3.05) is 13.2 Å². The van der Waals surface area contributed by atoms with E-state index in [2.05, 4.69) is 71.3 Å². The Morgan fingerprint density at radius 3 is 0.884 bits per heavy atom. The summed E-state index contributed by atoms with van der Waals surface area (Å²) in [6.07, 6.45) is 56.5. The van der Waals surface area contributed by atoms with Crippen molar-refractivity contribution in [2.24, 2.45) is 0 Å². The van der Waals surface area contributed by atoms with Crippen LogP contribution in [-0.4, -0.2) is 171 Å². The molecule has 2 aliphatic heterocycles. The molecule has 2 amide bonds. The SMILES string of the molecule is CCCCCC/C=C\CCCCCCCC(=O)OC(CCCCCCCCCCC)CC(=O)NC1[C@H](OCC2O[C@@H](OP(=O)(O)O)C(NC(=O)CC(CCCCCCCCCCC)OC(=O)CCCCCCCCCCCCCCC)[C@@H](OC(=O)CC(O)CCCCCCCCCCC)[C@@H]2O)OC(CO)[C@@H](O)[C@@H]1OC(=O)CC(CCCCCCCCCCC)OC(=O)CCCCCCCCCCC. The zero-order valence-electron chi connectivity index (χ0n) is 88.8. The van der Waals surface area contributed by atoms with Crippen LogP contribution in [0, 0.1) is 0 Å². The van der Waals surface area contributed by atoms with Crippen LogP contribution in [0.2, 0.25) is 0 Å². The van der Waals surface area contributed by atoms with Gasteiger partial charge in [-0.2, -0.15) is 0 Å². The molecule has 14 atom stereocenters. The van der Waals surface area contributed by atoms with Crippen LogP contribution in [0.5, 0.6) is 0 Å².